The Kier molecular flexibility index (Phi) is 6.27. The number of halogens is 2. The second-order valence-electron chi connectivity index (χ2n) is 5.94. The average Bonchev–Trinajstić information content (AvgIpc) is 2.59. The van der Waals surface area contributed by atoms with Crippen LogP contribution in [0.1, 0.15) is 12.5 Å². The molecule has 26 heavy (non-hydrogen) atoms. The largest absolute Gasteiger partial charge is 0.481 e. The predicted octanol–water partition coefficient (Wildman–Crippen LogP) is 3.14. The number of carbonyl (C=O) groups is 2. The van der Waals surface area contributed by atoms with Gasteiger partial charge in [-0.3, -0.25) is 9.59 Å². The number of hydrogen-bond donors (Lipinski definition) is 1. The van der Waals surface area contributed by atoms with E-state index < -0.39 is 23.6 Å². The second-order valence-corrected chi connectivity index (χ2v) is 5.94. The lowest BCUT2D eigenvalue weighted by Crippen LogP contribution is -2.42. The van der Waals surface area contributed by atoms with Crippen LogP contribution in [0, 0.1) is 18.6 Å². The molecule has 0 fully saturated rings. The molecule has 0 saturated heterocycles. The molecule has 5 nitrogen and oxygen atoms in total. The van der Waals surface area contributed by atoms with Gasteiger partial charge in [0.2, 0.25) is 5.91 Å². The third-order valence-corrected chi connectivity index (χ3v) is 3.64. The van der Waals surface area contributed by atoms with Gasteiger partial charge in [0, 0.05) is 18.8 Å². The fourth-order valence-electron chi connectivity index (χ4n) is 2.25. The first kappa shape index (κ1) is 19.4. The van der Waals surface area contributed by atoms with Crippen molar-refractivity contribution >= 4 is 17.5 Å². The third kappa shape index (κ3) is 5.27. The Morgan fingerprint density at radius 1 is 1.12 bits per heavy atom. The van der Waals surface area contributed by atoms with Gasteiger partial charge in [-0.2, -0.15) is 0 Å². The maximum absolute atomic E-state index is 13.2. The summed E-state index contributed by atoms with van der Waals surface area (Å²) >= 11 is 0. The highest BCUT2D eigenvalue weighted by atomic mass is 19.2. The summed E-state index contributed by atoms with van der Waals surface area (Å²) in [7, 11) is 1.46. The SMILES string of the molecule is Cc1ccc(NC(=O)CN(C)C(=O)C(C)Oc2ccc(F)c(F)c2)cc1. The highest BCUT2D eigenvalue weighted by Crippen LogP contribution is 2.17. The number of carbonyl (C=O) groups excluding carboxylic acids is 2. The van der Waals surface area contributed by atoms with E-state index >= 15 is 0 Å². The summed E-state index contributed by atoms with van der Waals surface area (Å²) < 4.78 is 31.4. The van der Waals surface area contributed by atoms with Gasteiger partial charge in [-0.25, -0.2) is 8.78 Å². The quantitative estimate of drug-likeness (QED) is 0.859. The fraction of sp³-hybridized carbons (Fsp3) is 0.263. The molecule has 138 valence electrons. The molecule has 0 aromatic heterocycles. The number of nitrogens with zero attached hydrogens (tertiary/aromatic N) is 1. The average molecular weight is 362 g/mol. The van der Waals surface area contributed by atoms with Crippen LogP contribution in [0.4, 0.5) is 14.5 Å². The molecule has 2 aromatic rings. The zero-order chi connectivity index (χ0) is 19.3. The van der Waals surface area contributed by atoms with Gasteiger partial charge in [0.1, 0.15) is 5.75 Å². The van der Waals surface area contributed by atoms with Crippen LogP contribution in [0.15, 0.2) is 42.5 Å². The predicted molar refractivity (Wildman–Crippen MR) is 93.9 cm³/mol. The minimum atomic E-state index is -1.06. The number of nitrogens with one attached hydrogen (secondary N) is 1. The summed E-state index contributed by atoms with van der Waals surface area (Å²) in [4.78, 5) is 25.5. The lowest BCUT2D eigenvalue weighted by Gasteiger charge is -2.21. The van der Waals surface area contributed by atoms with Gasteiger partial charge in [-0.1, -0.05) is 17.7 Å². The van der Waals surface area contributed by atoms with Crippen molar-refractivity contribution in [3.8, 4) is 5.75 Å². The maximum atomic E-state index is 13.2. The molecule has 2 amide bonds. The van der Waals surface area contributed by atoms with Crippen molar-refractivity contribution < 1.29 is 23.1 Å². The van der Waals surface area contributed by atoms with Crippen molar-refractivity contribution in [2.75, 3.05) is 18.9 Å². The first-order chi connectivity index (χ1) is 12.3. The van der Waals surface area contributed by atoms with Gasteiger partial charge in [0.25, 0.3) is 5.91 Å². The molecule has 0 aliphatic rings. The standard InChI is InChI=1S/C19H20F2N2O3/c1-12-4-6-14(7-5-12)22-18(24)11-23(3)19(25)13(2)26-15-8-9-16(20)17(21)10-15/h4-10,13H,11H2,1-3H3,(H,22,24). The van der Waals surface area contributed by atoms with Gasteiger partial charge in [-0.05, 0) is 38.1 Å². The van der Waals surface area contributed by atoms with Crippen molar-refractivity contribution in [3.05, 3.63) is 59.7 Å². The number of likely N-dealkylation sites (N-methyl/N-ethyl adjacent to an activating group) is 1. The van der Waals surface area contributed by atoms with Crippen LogP contribution in [-0.4, -0.2) is 36.4 Å². The number of anilines is 1. The summed E-state index contributed by atoms with van der Waals surface area (Å²) in [6.45, 7) is 3.24. The van der Waals surface area contributed by atoms with Crippen LogP contribution in [0.2, 0.25) is 0 Å². The zero-order valence-corrected chi connectivity index (χ0v) is 14.8. The first-order valence-corrected chi connectivity index (χ1v) is 7.99. The fourth-order valence-corrected chi connectivity index (χ4v) is 2.25. The number of benzene rings is 2. The van der Waals surface area contributed by atoms with Crippen LogP contribution >= 0.6 is 0 Å². The lowest BCUT2D eigenvalue weighted by atomic mass is 10.2. The van der Waals surface area contributed by atoms with Crippen LogP contribution in [0.3, 0.4) is 0 Å². The molecule has 0 bridgehead atoms. The molecule has 0 aliphatic carbocycles. The Morgan fingerprint density at radius 2 is 1.77 bits per heavy atom. The second kappa shape index (κ2) is 8.42. The van der Waals surface area contributed by atoms with E-state index in [1.54, 1.807) is 12.1 Å². The Labute approximate surface area is 150 Å². The molecular formula is C19H20F2N2O3. The first-order valence-electron chi connectivity index (χ1n) is 7.99. The van der Waals surface area contributed by atoms with E-state index in [0.717, 1.165) is 17.7 Å². The zero-order valence-electron chi connectivity index (χ0n) is 14.8. The summed E-state index contributed by atoms with van der Waals surface area (Å²) in [6.07, 6.45) is -0.961. The highest BCUT2D eigenvalue weighted by molar-refractivity contribution is 5.95. The van der Waals surface area contributed by atoms with Crippen LogP contribution in [-0.2, 0) is 9.59 Å². The van der Waals surface area contributed by atoms with E-state index in [2.05, 4.69) is 5.32 Å². The Bertz CT molecular complexity index is 794. The number of hydrogen-bond acceptors (Lipinski definition) is 3. The summed E-state index contributed by atoms with van der Waals surface area (Å²) in [5, 5.41) is 2.69. The van der Waals surface area contributed by atoms with Crippen LogP contribution in [0.25, 0.3) is 0 Å². The molecule has 1 atom stereocenters. The smallest absolute Gasteiger partial charge is 0.263 e. The highest BCUT2D eigenvalue weighted by Gasteiger charge is 2.21. The van der Waals surface area contributed by atoms with E-state index in [-0.39, 0.29) is 18.2 Å². The molecule has 0 radical (unpaired) electrons. The molecule has 2 aromatic carbocycles. The molecular weight excluding hydrogens is 342 g/mol. The van der Waals surface area contributed by atoms with Crippen molar-refractivity contribution in [1.29, 1.82) is 0 Å². The molecule has 0 aliphatic heterocycles. The Hall–Kier alpha value is -2.96. The third-order valence-electron chi connectivity index (χ3n) is 3.64. The normalized spacial score (nSPS) is 11.6. The summed E-state index contributed by atoms with van der Waals surface area (Å²) in [6, 6.07) is 10.3. The Balaban J connectivity index is 1.89. The summed E-state index contributed by atoms with van der Waals surface area (Å²) in [5.41, 5.74) is 1.70. The van der Waals surface area contributed by atoms with Gasteiger partial charge in [-0.15, -0.1) is 0 Å². The lowest BCUT2D eigenvalue weighted by molar-refractivity contribution is -0.139. The van der Waals surface area contributed by atoms with Crippen LogP contribution < -0.4 is 10.1 Å². The van der Waals surface area contributed by atoms with E-state index in [0.29, 0.717) is 5.69 Å². The molecule has 2 rings (SSSR count). The summed E-state index contributed by atoms with van der Waals surface area (Å²) in [5.74, 6) is -2.85. The maximum Gasteiger partial charge on any atom is 0.263 e. The molecule has 1 N–H and O–H groups in total. The monoisotopic (exact) mass is 362 g/mol. The molecule has 7 heteroatoms. The van der Waals surface area contributed by atoms with Gasteiger partial charge in [0.15, 0.2) is 17.7 Å². The number of ether oxygens (including phenoxy) is 1. The minimum Gasteiger partial charge on any atom is -0.481 e. The van der Waals surface area contributed by atoms with Gasteiger partial charge in [0.05, 0.1) is 6.54 Å². The number of rotatable bonds is 6. The van der Waals surface area contributed by atoms with Crippen molar-refractivity contribution in [1.82, 2.24) is 4.90 Å². The van der Waals surface area contributed by atoms with Crippen molar-refractivity contribution in [2.24, 2.45) is 0 Å². The van der Waals surface area contributed by atoms with E-state index in [9.17, 15) is 18.4 Å². The molecule has 0 heterocycles. The number of aryl methyl sites for hydroxylation is 1. The van der Waals surface area contributed by atoms with Crippen molar-refractivity contribution in [3.63, 3.8) is 0 Å². The molecule has 1 unspecified atom stereocenters. The van der Waals surface area contributed by atoms with E-state index in [4.69, 9.17) is 4.74 Å². The Morgan fingerprint density at radius 3 is 2.38 bits per heavy atom. The van der Waals surface area contributed by atoms with Gasteiger partial charge >= 0.3 is 0 Å². The van der Waals surface area contributed by atoms with Crippen molar-refractivity contribution in [2.45, 2.75) is 20.0 Å². The van der Waals surface area contributed by atoms with E-state index in [1.807, 2.05) is 19.1 Å². The van der Waals surface area contributed by atoms with E-state index in [1.165, 1.54) is 24.9 Å². The molecule has 0 saturated carbocycles. The number of amides is 2. The minimum absolute atomic E-state index is 0.0299. The van der Waals surface area contributed by atoms with Crippen LogP contribution in [0.5, 0.6) is 5.75 Å². The topological polar surface area (TPSA) is 58.6 Å². The molecule has 0 spiro atoms. The van der Waals surface area contributed by atoms with Gasteiger partial charge < -0.3 is 15.0 Å².